The Morgan fingerprint density at radius 3 is 2.72 bits per heavy atom. The molecule has 0 spiro atoms. The van der Waals surface area contributed by atoms with Crippen LogP contribution in [0.15, 0.2) is 39.7 Å². The zero-order valence-electron chi connectivity index (χ0n) is 10.1. The van der Waals surface area contributed by atoms with Gasteiger partial charge in [0.2, 0.25) is 0 Å². The van der Waals surface area contributed by atoms with E-state index in [0.717, 1.165) is 0 Å². The molecule has 0 aliphatic rings. The zero-order chi connectivity index (χ0) is 13.5. The number of hydrogen-bond donors (Lipinski definition) is 1. The van der Waals surface area contributed by atoms with Gasteiger partial charge in [0.05, 0.1) is 16.4 Å². The van der Waals surface area contributed by atoms with Crippen molar-refractivity contribution in [3.05, 3.63) is 34.6 Å². The largest absolute Gasteiger partial charge is 0.311 e. The van der Waals surface area contributed by atoms with Crippen LogP contribution in [-0.4, -0.2) is 36.6 Å². The molecule has 1 aromatic heterocycles. The summed E-state index contributed by atoms with van der Waals surface area (Å²) in [5.41, 5.74) is 0.466. The molecule has 1 aromatic rings. The van der Waals surface area contributed by atoms with Crippen molar-refractivity contribution in [2.45, 2.75) is 0 Å². The van der Waals surface area contributed by atoms with Gasteiger partial charge in [0, 0.05) is 20.3 Å². The molecule has 0 aromatic carbocycles. The summed E-state index contributed by atoms with van der Waals surface area (Å²) in [6.07, 6.45) is 3.81. The van der Waals surface area contributed by atoms with Crippen LogP contribution in [0.25, 0.3) is 0 Å². The standard InChI is InChI=1S/C11H14BrN5O/c1-16(13)10(9(12)8-18)7-15-17(2)11-5-3-4-6-14-11/h3-8H,13H2,1-2H3/b10-9-,15-7-. The Bertz CT molecular complexity index is 458. The first-order valence-electron chi connectivity index (χ1n) is 5.08. The molecule has 0 radical (unpaired) electrons. The van der Waals surface area contributed by atoms with Crippen molar-refractivity contribution in [2.75, 3.05) is 19.1 Å². The molecule has 18 heavy (non-hydrogen) atoms. The Balaban J connectivity index is 2.89. The van der Waals surface area contributed by atoms with Crippen LogP contribution < -0.4 is 10.9 Å². The van der Waals surface area contributed by atoms with Crippen molar-refractivity contribution in [2.24, 2.45) is 10.9 Å². The topological polar surface area (TPSA) is 74.8 Å². The van der Waals surface area contributed by atoms with E-state index in [1.807, 2.05) is 18.2 Å². The van der Waals surface area contributed by atoms with Crippen molar-refractivity contribution < 1.29 is 4.79 Å². The van der Waals surface area contributed by atoms with Crippen LogP contribution in [0, 0.1) is 0 Å². The van der Waals surface area contributed by atoms with E-state index >= 15 is 0 Å². The van der Waals surface area contributed by atoms with Gasteiger partial charge in [-0.1, -0.05) is 6.07 Å². The SMILES string of the molecule is CN(N)C(/C=N\N(C)c1ccccn1)=C(\Br)C=O. The van der Waals surface area contributed by atoms with Gasteiger partial charge in [-0.3, -0.25) is 9.80 Å². The summed E-state index contributed by atoms with van der Waals surface area (Å²) in [5.74, 6) is 6.29. The van der Waals surface area contributed by atoms with E-state index < -0.39 is 0 Å². The molecule has 1 heterocycles. The predicted molar refractivity (Wildman–Crippen MR) is 75.1 cm³/mol. The van der Waals surface area contributed by atoms with E-state index in [9.17, 15) is 4.79 Å². The van der Waals surface area contributed by atoms with E-state index in [-0.39, 0.29) is 0 Å². The maximum absolute atomic E-state index is 10.7. The third-order valence-electron chi connectivity index (χ3n) is 2.06. The Kier molecular flexibility index (Phi) is 5.47. The summed E-state index contributed by atoms with van der Waals surface area (Å²) < 4.78 is 0.325. The minimum absolute atomic E-state index is 0.325. The van der Waals surface area contributed by atoms with Crippen LogP contribution in [0.3, 0.4) is 0 Å². The molecule has 7 heteroatoms. The number of allylic oxidation sites excluding steroid dienone is 2. The number of aldehydes is 1. The molecule has 0 atom stereocenters. The van der Waals surface area contributed by atoms with Crippen LogP contribution >= 0.6 is 15.9 Å². The number of carbonyl (C=O) groups is 1. The van der Waals surface area contributed by atoms with E-state index in [1.54, 1.807) is 25.3 Å². The number of hydrogen-bond acceptors (Lipinski definition) is 6. The number of hydrazone groups is 1. The number of carbonyl (C=O) groups excluding carboxylic acids is 1. The lowest BCUT2D eigenvalue weighted by atomic mass is 10.4. The number of hydrazine groups is 1. The first-order valence-corrected chi connectivity index (χ1v) is 5.87. The van der Waals surface area contributed by atoms with E-state index in [0.29, 0.717) is 22.3 Å². The summed E-state index contributed by atoms with van der Waals surface area (Å²) in [6.45, 7) is 0. The molecule has 0 unspecified atom stereocenters. The van der Waals surface area contributed by atoms with Crippen LogP contribution in [0.1, 0.15) is 0 Å². The van der Waals surface area contributed by atoms with Gasteiger partial charge in [-0.2, -0.15) is 5.10 Å². The third kappa shape index (κ3) is 3.94. The number of nitrogens with zero attached hydrogens (tertiary/aromatic N) is 4. The number of anilines is 1. The van der Waals surface area contributed by atoms with E-state index in [2.05, 4.69) is 26.0 Å². The van der Waals surface area contributed by atoms with Gasteiger partial charge in [0.15, 0.2) is 6.29 Å². The van der Waals surface area contributed by atoms with Crippen LogP contribution in [0.5, 0.6) is 0 Å². The molecule has 96 valence electrons. The number of nitrogens with two attached hydrogens (primary N) is 1. The second kappa shape index (κ2) is 6.87. The Labute approximate surface area is 114 Å². The van der Waals surface area contributed by atoms with Gasteiger partial charge in [0.1, 0.15) is 5.82 Å². The van der Waals surface area contributed by atoms with Crippen molar-refractivity contribution >= 4 is 34.2 Å². The van der Waals surface area contributed by atoms with Crippen LogP contribution in [0.2, 0.25) is 0 Å². The van der Waals surface area contributed by atoms with Gasteiger partial charge in [-0.15, -0.1) is 0 Å². The first-order chi connectivity index (χ1) is 8.56. The highest BCUT2D eigenvalue weighted by Crippen LogP contribution is 2.10. The van der Waals surface area contributed by atoms with Crippen molar-refractivity contribution in [1.29, 1.82) is 0 Å². The zero-order valence-corrected chi connectivity index (χ0v) is 11.7. The van der Waals surface area contributed by atoms with Crippen molar-refractivity contribution in [3.8, 4) is 0 Å². The highest BCUT2D eigenvalue weighted by atomic mass is 79.9. The van der Waals surface area contributed by atoms with Gasteiger partial charge >= 0.3 is 0 Å². The average Bonchev–Trinajstić information content (AvgIpc) is 2.39. The quantitative estimate of drug-likeness (QED) is 0.290. The first kappa shape index (κ1) is 14.3. The summed E-state index contributed by atoms with van der Waals surface area (Å²) in [6, 6.07) is 5.51. The molecule has 0 saturated heterocycles. The average molecular weight is 312 g/mol. The fourth-order valence-electron chi connectivity index (χ4n) is 1.13. The normalized spacial score (nSPS) is 12.2. The molecular weight excluding hydrogens is 298 g/mol. The van der Waals surface area contributed by atoms with E-state index in [4.69, 9.17) is 5.84 Å². The van der Waals surface area contributed by atoms with Gasteiger partial charge < -0.3 is 5.01 Å². The van der Waals surface area contributed by atoms with Crippen LogP contribution in [0.4, 0.5) is 5.82 Å². The van der Waals surface area contributed by atoms with Gasteiger partial charge in [0.25, 0.3) is 0 Å². The van der Waals surface area contributed by atoms with Crippen molar-refractivity contribution in [1.82, 2.24) is 9.99 Å². The molecule has 6 nitrogen and oxygen atoms in total. The molecule has 0 saturated carbocycles. The monoisotopic (exact) mass is 311 g/mol. The molecule has 0 aliphatic heterocycles. The predicted octanol–water partition coefficient (Wildman–Crippen LogP) is 1.11. The summed E-state index contributed by atoms with van der Waals surface area (Å²) in [4.78, 5) is 14.8. The summed E-state index contributed by atoms with van der Waals surface area (Å²) >= 11 is 3.11. The molecule has 1 rings (SSSR count). The van der Waals surface area contributed by atoms with E-state index in [1.165, 1.54) is 11.2 Å². The number of rotatable bonds is 5. The van der Waals surface area contributed by atoms with Gasteiger partial charge in [-0.05, 0) is 28.1 Å². The Morgan fingerprint density at radius 1 is 1.50 bits per heavy atom. The molecule has 2 N–H and O–H groups in total. The minimum atomic E-state index is 0.325. The lowest BCUT2D eigenvalue weighted by Gasteiger charge is -2.15. The highest BCUT2D eigenvalue weighted by Gasteiger charge is 2.05. The van der Waals surface area contributed by atoms with Crippen molar-refractivity contribution in [3.63, 3.8) is 0 Å². The lowest BCUT2D eigenvalue weighted by molar-refractivity contribution is -0.104. The number of pyridine rings is 1. The lowest BCUT2D eigenvalue weighted by Crippen LogP contribution is -2.27. The van der Waals surface area contributed by atoms with Gasteiger partial charge in [-0.25, -0.2) is 10.8 Å². The second-order valence-corrected chi connectivity index (χ2v) is 4.27. The summed E-state index contributed by atoms with van der Waals surface area (Å²) in [7, 11) is 3.37. The molecular formula is C11H14BrN5O. The molecule has 0 bridgehead atoms. The summed E-state index contributed by atoms with van der Waals surface area (Å²) in [5, 5.41) is 7.04. The third-order valence-corrected chi connectivity index (χ3v) is 2.66. The molecule has 0 amide bonds. The Hall–Kier alpha value is -1.73. The number of halogens is 1. The molecule has 0 fully saturated rings. The fourth-order valence-corrected chi connectivity index (χ4v) is 1.51. The highest BCUT2D eigenvalue weighted by molar-refractivity contribution is 9.12. The number of aromatic nitrogens is 1. The molecule has 0 aliphatic carbocycles. The second-order valence-electron chi connectivity index (χ2n) is 3.42. The van der Waals surface area contributed by atoms with Crippen LogP contribution in [-0.2, 0) is 4.79 Å². The fraction of sp³-hybridized carbons (Fsp3) is 0.182. The smallest absolute Gasteiger partial charge is 0.159 e. The maximum Gasteiger partial charge on any atom is 0.159 e. The maximum atomic E-state index is 10.7. The Morgan fingerprint density at radius 2 is 2.22 bits per heavy atom. The minimum Gasteiger partial charge on any atom is -0.311 e.